The van der Waals surface area contributed by atoms with Crippen LogP contribution in [-0.2, 0) is 10.0 Å². The first-order valence-corrected chi connectivity index (χ1v) is 10.3. The number of halogens is 1. The molecule has 0 spiro atoms. The van der Waals surface area contributed by atoms with Gasteiger partial charge in [0.1, 0.15) is 22.1 Å². The Bertz CT molecular complexity index is 945. The van der Waals surface area contributed by atoms with Crippen LogP contribution < -0.4 is 19.0 Å². The summed E-state index contributed by atoms with van der Waals surface area (Å²) >= 11 is 6.03. The Labute approximate surface area is 170 Å². The van der Waals surface area contributed by atoms with Crippen molar-refractivity contribution in [3.63, 3.8) is 0 Å². The van der Waals surface area contributed by atoms with Crippen molar-refractivity contribution in [2.24, 2.45) is 11.0 Å². The van der Waals surface area contributed by atoms with Crippen LogP contribution in [0.25, 0.3) is 0 Å². The summed E-state index contributed by atoms with van der Waals surface area (Å²) in [6, 6.07) is 9.44. The Morgan fingerprint density at radius 3 is 2.50 bits per heavy atom. The van der Waals surface area contributed by atoms with E-state index in [1.165, 1.54) is 38.6 Å². The fourth-order valence-corrected chi connectivity index (χ4v) is 3.34. The van der Waals surface area contributed by atoms with E-state index in [1.54, 1.807) is 18.2 Å². The minimum absolute atomic E-state index is 0.0599. The first-order chi connectivity index (χ1) is 13.3. The van der Waals surface area contributed by atoms with Crippen molar-refractivity contribution in [2.45, 2.75) is 18.7 Å². The number of sulfonamides is 1. The molecule has 28 heavy (non-hydrogen) atoms. The number of hydrogen-bond acceptors (Lipinski definition) is 6. The smallest absolute Gasteiger partial charge is 0.280 e. The molecule has 2 aromatic rings. The van der Waals surface area contributed by atoms with Crippen molar-refractivity contribution < 1.29 is 22.6 Å². The summed E-state index contributed by atoms with van der Waals surface area (Å²) < 4.78 is 41.1. The topological polar surface area (TPSA) is 86.2 Å². The zero-order chi connectivity index (χ0) is 20.7. The average molecular weight is 427 g/mol. The lowest BCUT2D eigenvalue weighted by molar-refractivity contribution is 0.270. The van der Waals surface area contributed by atoms with Gasteiger partial charge in [-0.1, -0.05) is 25.4 Å². The maximum absolute atomic E-state index is 12.6. The molecule has 0 aromatic heterocycles. The number of methoxy groups -OCH3 is 2. The second-order valence-corrected chi connectivity index (χ2v) is 8.32. The third-order valence-corrected chi connectivity index (χ3v) is 5.08. The van der Waals surface area contributed by atoms with Crippen LogP contribution in [0.15, 0.2) is 46.4 Å². The molecule has 0 aliphatic carbocycles. The Morgan fingerprint density at radius 2 is 1.86 bits per heavy atom. The van der Waals surface area contributed by atoms with Crippen LogP contribution in [0.3, 0.4) is 0 Å². The van der Waals surface area contributed by atoms with E-state index in [0.717, 1.165) is 0 Å². The second-order valence-electron chi connectivity index (χ2n) is 6.26. The summed E-state index contributed by atoms with van der Waals surface area (Å²) in [4.78, 5) is 2.11. The number of nitrogens with one attached hydrogen (secondary N) is 1. The highest BCUT2D eigenvalue weighted by Gasteiger charge is 2.19. The number of hydrogen-bond donors (Lipinski definition) is 1. The largest absolute Gasteiger partial charge is 0.497 e. The highest BCUT2D eigenvalue weighted by molar-refractivity contribution is 7.89. The Hall–Kier alpha value is -2.45. The van der Waals surface area contributed by atoms with E-state index in [-0.39, 0.29) is 10.6 Å². The first kappa shape index (κ1) is 21.8. The Balaban J connectivity index is 2.23. The Morgan fingerprint density at radius 1 is 1.11 bits per heavy atom. The molecule has 0 saturated heterocycles. The van der Waals surface area contributed by atoms with Crippen LogP contribution in [-0.4, -0.2) is 35.5 Å². The lowest BCUT2D eigenvalue weighted by Gasteiger charge is -2.12. The summed E-state index contributed by atoms with van der Waals surface area (Å²) in [6.07, 6.45) is 1.34. The van der Waals surface area contributed by atoms with Gasteiger partial charge in [-0.3, -0.25) is 0 Å². The van der Waals surface area contributed by atoms with Gasteiger partial charge in [0, 0.05) is 16.7 Å². The predicted octanol–water partition coefficient (Wildman–Crippen LogP) is 3.70. The van der Waals surface area contributed by atoms with Crippen molar-refractivity contribution in [1.29, 1.82) is 0 Å². The Kier molecular flexibility index (Phi) is 7.53. The molecule has 1 N–H and O–H groups in total. The van der Waals surface area contributed by atoms with Crippen molar-refractivity contribution in [2.75, 3.05) is 20.8 Å². The third-order valence-electron chi connectivity index (χ3n) is 3.58. The number of nitrogens with zero attached hydrogens (tertiary/aromatic N) is 1. The lowest BCUT2D eigenvalue weighted by atomic mass is 10.2. The lowest BCUT2D eigenvalue weighted by Crippen LogP contribution is -2.19. The number of hydrazone groups is 1. The quantitative estimate of drug-likeness (QED) is 0.488. The van der Waals surface area contributed by atoms with Gasteiger partial charge in [0.15, 0.2) is 0 Å². The van der Waals surface area contributed by atoms with E-state index in [4.69, 9.17) is 25.8 Å². The van der Waals surface area contributed by atoms with Gasteiger partial charge >= 0.3 is 0 Å². The molecule has 0 heterocycles. The molecule has 0 fully saturated rings. The van der Waals surface area contributed by atoms with Crippen molar-refractivity contribution in [3.8, 4) is 17.2 Å². The minimum atomic E-state index is -3.95. The maximum atomic E-state index is 12.6. The number of ether oxygens (including phenoxy) is 3. The van der Waals surface area contributed by atoms with Gasteiger partial charge in [-0.15, -0.1) is 0 Å². The molecule has 7 nitrogen and oxygen atoms in total. The first-order valence-electron chi connectivity index (χ1n) is 8.46. The molecular formula is C19H23ClN2O5S. The molecule has 0 unspecified atom stereocenters. The second kappa shape index (κ2) is 9.66. The molecule has 0 aliphatic rings. The van der Waals surface area contributed by atoms with Gasteiger partial charge in [-0.05, 0) is 36.2 Å². The van der Waals surface area contributed by atoms with E-state index in [0.29, 0.717) is 34.6 Å². The SMILES string of the molecule is COc1ccc(S(=O)(=O)N/N=C/c2cc(Cl)ccc2OCC(C)C)c(OC)c1. The highest BCUT2D eigenvalue weighted by Crippen LogP contribution is 2.28. The highest BCUT2D eigenvalue weighted by atomic mass is 35.5. The van der Waals surface area contributed by atoms with Gasteiger partial charge in [0.2, 0.25) is 0 Å². The van der Waals surface area contributed by atoms with Gasteiger partial charge in [0.25, 0.3) is 10.0 Å². The fraction of sp³-hybridized carbons (Fsp3) is 0.316. The van der Waals surface area contributed by atoms with Crippen LogP contribution >= 0.6 is 11.6 Å². The maximum Gasteiger partial charge on any atom is 0.280 e. The van der Waals surface area contributed by atoms with E-state index < -0.39 is 10.0 Å². The van der Waals surface area contributed by atoms with Gasteiger partial charge in [-0.25, -0.2) is 0 Å². The van der Waals surface area contributed by atoms with Crippen LogP contribution in [0.1, 0.15) is 19.4 Å². The zero-order valence-corrected chi connectivity index (χ0v) is 17.7. The van der Waals surface area contributed by atoms with Crippen LogP contribution in [0.5, 0.6) is 17.2 Å². The summed E-state index contributed by atoms with van der Waals surface area (Å²) in [5.74, 6) is 1.51. The number of benzene rings is 2. The average Bonchev–Trinajstić information content (AvgIpc) is 2.66. The third kappa shape index (κ3) is 5.77. The van der Waals surface area contributed by atoms with Crippen molar-refractivity contribution in [1.82, 2.24) is 4.83 Å². The zero-order valence-electron chi connectivity index (χ0n) is 16.1. The molecule has 0 radical (unpaired) electrons. The summed E-state index contributed by atoms with van der Waals surface area (Å²) in [6.45, 7) is 4.57. The van der Waals surface area contributed by atoms with Gasteiger partial charge < -0.3 is 14.2 Å². The van der Waals surface area contributed by atoms with Crippen LogP contribution in [0.4, 0.5) is 0 Å². The molecule has 0 bridgehead atoms. The van der Waals surface area contributed by atoms with E-state index >= 15 is 0 Å². The van der Waals surface area contributed by atoms with E-state index in [1.807, 2.05) is 13.8 Å². The molecule has 9 heteroatoms. The molecule has 0 atom stereocenters. The van der Waals surface area contributed by atoms with Crippen molar-refractivity contribution in [3.05, 3.63) is 47.0 Å². The predicted molar refractivity (Wildman–Crippen MR) is 109 cm³/mol. The van der Waals surface area contributed by atoms with Gasteiger partial charge in [0.05, 0.1) is 27.0 Å². The molecule has 152 valence electrons. The van der Waals surface area contributed by atoms with Gasteiger partial charge in [-0.2, -0.15) is 18.4 Å². The number of rotatable bonds is 9. The molecule has 2 rings (SSSR count). The standard InChI is InChI=1S/C19H23ClN2O5S/c1-13(2)12-27-17-7-5-15(20)9-14(17)11-21-22-28(23,24)19-8-6-16(25-3)10-18(19)26-4/h5-11,13,22H,12H2,1-4H3/b21-11+. The van der Waals surface area contributed by atoms with Crippen LogP contribution in [0, 0.1) is 5.92 Å². The molecule has 2 aromatic carbocycles. The summed E-state index contributed by atoms with van der Waals surface area (Å²) in [7, 11) is -1.09. The minimum Gasteiger partial charge on any atom is -0.497 e. The fourth-order valence-electron chi connectivity index (χ4n) is 2.22. The molecule has 0 saturated carbocycles. The summed E-state index contributed by atoms with van der Waals surface area (Å²) in [5.41, 5.74) is 0.553. The van der Waals surface area contributed by atoms with E-state index in [2.05, 4.69) is 9.93 Å². The molecular weight excluding hydrogens is 404 g/mol. The molecule has 0 amide bonds. The van der Waals surface area contributed by atoms with Crippen LogP contribution in [0.2, 0.25) is 5.02 Å². The normalized spacial score (nSPS) is 11.6. The van der Waals surface area contributed by atoms with Crippen molar-refractivity contribution >= 4 is 27.8 Å². The summed E-state index contributed by atoms with van der Waals surface area (Å²) in [5, 5.41) is 4.33. The molecule has 0 aliphatic heterocycles. The van der Waals surface area contributed by atoms with E-state index in [9.17, 15) is 8.42 Å². The monoisotopic (exact) mass is 426 g/mol.